The summed E-state index contributed by atoms with van der Waals surface area (Å²) in [6.07, 6.45) is -0.0940. The van der Waals surface area contributed by atoms with E-state index < -0.39 is 11.6 Å². The number of aromatic hydroxyl groups is 1. The molecule has 0 aliphatic heterocycles. The van der Waals surface area contributed by atoms with Gasteiger partial charge < -0.3 is 14.6 Å². The summed E-state index contributed by atoms with van der Waals surface area (Å²) in [7, 11) is 0. The Morgan fingerprint density at radius 1 is 1.27 bits per heavy atom. The van der Waals surface area contributed by atoms with Crippen molar-refractivity contribution in [2.24, 2.45) is 0 Å². The van der Waals surface area contributed by atoms with Crippen molar-refractivity contribution in [1.29, 1.82) is 0 Å². The molecule has 0 bridgehead atoms. The number of carbonyl (C=O) groups is 1. The van der Waals surface area contributed by atoms with Crippen LogP contribution < -0.4 is 5.63 Å². The molecule has 1 aromatic carbocycles. The maximum Gasteiger partial charge on any atom is 0.345 e. The highest BCUT2D eigenvalue weighted by Crippen LogP contribution is 2.32. The third-order valence-corrected chi connectivity index (χ3v) is 4.48. The van der Waals surface area contributed by atoms with Gasteiger partial charge in [-0.15, -0.1) is 11.3 Å². The van der Waals surface area contributed by atoms with Crippen LogP contribution in [-0.2, 0) is 11.2 Å². The van der Waals surface area contributed by atoms with Crippen LogP contribution in [0, 0.1) is 0 Å². The lowest BCUT2D eigenvalue weighted by Crippen LogP contribution is -2.01. The van der Waals surface area contributed by atoms with E-state index in [0.717, 1.165) is 0 Å². The van der Waals surface area contributed by atoms with Gasteiger partial charge in [-0.3, -0.25) is 4.79 Å². The summed E-state index contributed by atoms with van der Waals surface area (Å²) in [5.74, 6) is -1.09. The van der Waals surface area contributed by atoms with E-state index in [0.29, 0.717) is 20.7 Å². The Kier molecular flexibility index (Phi) is 3.64. The molecule has 2 aromatic heterocycles. The van der Waals surface area contributed by atoms with Crippen LogP contribution in [0.3, 0.4) is 0 Å². The molecule has 0 aliphatic carbocycles. The van der Waals surface area contributed by atoms with Gasteiger partial charge in [0.2, 0.25) is 0 Å². The van der Waals surface area contributed by atoms with Gasteiger partial charge in [-0.05, 0) is 24.3 Å². The van der Waals surface area contributed by atoms with Crippen molar-refractivity contribution in [3.8, 4) is 16.2 Å². The molecule has 0 amide bonds. The summed E-state index contributed by atoms with van der Waals surface area (Å²) in [6, 6.07) is 7.75. The highest BCUT2D eigenvalue weighted by atomic mass is 35.5. The Labute approximate surface area is 133 Å². The van der Waals surface area contributed by atoms with Crippen molar-refractivity contribution >= 4 is 39.9 Å². The average molecular weight is 337 g/mol. The van der Waals surface area contributed by atoms with Crippen molar-refractivity contribution in [3.05, 3.63) is 50.7 Å². The van der Waals surface area contributed by atoms with Gasteiger partial charge in [-0.25, -0.2) is 4.79 Å². The molecule has 3 rings (SSSR count). The molecule has 2 N–H and O–H groups in total. The Balaban J connectivity index is 2.12. The predicted octanol–water partition coefficient (Wildman–Crippen LogP) is 3.51. The van der Waals surface area contributed by atoms with E-state index in [4.69, 9.17) is 21.1 Å². The van der Waals surface area contributed by atoms with Crippen molar-refractivity contribution < 1.29 is 19.4 Å². The minimum atomic E-state index is -0.929. The average Bonchev–Trinajstić information content (AvgIpc) is 2.87. The molecular weight excluding hydrogens is 328 g/mol. The monoisotopic (exact) mass is 336 g/mol. The second-order valence-electron chi connectivity index (χ2n) is 4.63. The van der Waals surface area contributed by atoms with Gasteiger partial charge in [0.25, 0.3) is 0 Å². The summed E-state index contributed by atoms with van der Waals surface area (Å²) in [6.45, 7) is 0. The molecule has 0 saturated carbocycles. The summed E-state index contributed by atoms with van der Waals surface area (Å²) in [4.78, 5) is 24.0. The molecule has 0 fully saturated rings. The van der Waals surface area contributed by atoms with Crippen LogP contribution in [0.2, 0.25) is 5.02 Å². The molecule has 0 spiro atoms. The lowest BCUT2D eigenvalue weighted by molar-refractivity contribution is -0.136. The van der Waals surface area contributed by atoms with E-state index in [-0.39, 0.29) is 22.8 Å². The quantitative estimate of drug-likeness (QED) is 0.715. The Morgan fingerprint density at radius 2 is 2.05 bits per heavy atom. The van der Waals surface area contributed by atoms with Gasteiger partial charge in [-0.2, -0.15) is 0 Å². The normalized spacial score (nSPS) is 11.0. The molecule has 22 heavy (non-hydrogen) atoms. The van der Waals surface area contributed by atoms with Crippen LogP contribution in [0.4, 0.5) is 0 Å². The van der Waals surface area contributed by atoms with Crippen molar-refractivity contribution in [3.63, 3.8) is 0 Å². The number of rotatable bonds is 3. The fraction of sp³-hybridized carbons (Fsp3) is 0.0667. The van der Waals surface area contributed by atoms with Crippen LogP contribution in [0.15, 0.2) is 39.5 Å². The molecule has 0 radical (unpaired) electrons. The van der Waals surface area contributed by atoms with Gasteiger partial charge in [-0.1, -0.05) is 11.6 Å². The zero-order valence-electron chi connectivity index (χ0n) is 11.0. The first-order valence-electron chi connectivity index (χ1n) is 6.21. The van der Waals surface area contributed by atoms with Crippen molar-refractivity contribution in [1.82, 2.24) is 0 Å². The third kappa shape index (κ3) is 2.70. The maximum absolute atomic E-state index is 12.1. The van der Waals surface area contributed by atoms with E-state index in [2.05, 4.69) is 0 Å². The van der Waals surface area contributed by atoms with Crippen LogP contribution in [0.1, 0.15) is 4.88 Å². The first-order chi connectivity index (χ1) is 10.4. The summed E-state index contributed by atoms with van der Waals surface area (Å²) in [5, 5.41) is 19.1. The number of aliphatic carboxylic acids is 1. The zero-order chi connectivity index (χ0) is 15.9. The van der Waals surface area contributed by atoms with Crippen LogP contribution in [-0.4, -0.2) is 16.2 Å². The molecule has 5 nitrogen and oxygen atoms in total. The van der Waals surface area contributed by atoms with Crippen molar-refractivity contribution in [2.75, 3.05) is 0 Å². The SMILES string of the molecule is O=C(O)Cc1ccc(-c2cc3cc(Cl)c(O)cc3oc2=O)s1. The molecule has 3 aromatic rings. The van der Waals surface area contributed by atoms with E-state index >= 15 is 0 Å². The second kappa shape index (κ2) is 5.47. The van der Waals surface area contributed by atoms with Gasteiger partial charge in [0.15, 0.2) is 0 Å². The van der Waals surface area contributed by atoms with E-state index in [1.54, 1.807) is 18.2 Å². The lowest BCUT2D eigenvalue weighted by Gasteiger charge is -2.02. The van der Waals surface area contributed by atoms with Gasteiger partial charge in [0, 0.05) is 21.2 Å². The number of carboxylic acids is 1. The van der Waals surface area contributed by atoms with Gasteiger partial charge >= 0.3 is 11.6 Å². The van der Waals surface area contributed by atoms with E-state index in [1.807, 2.05) is 0 Å². The summed E-state index contributed by atoms with van der Waals surface area (Å²) in [5.41, 5.74) is 0.00630. The predicted molar refractivity (Wildman–Crippen MR) is 83.8 cm³/mol. The molecule has 0 saturated heterocycles. The molecule has 0 aliphatic rings. The first kappa shape index (κ1) is 14.6. The molecular formula is C15H9ClO5S. The second-order valence-corrected chi connectivity index (χ2v) is 6.20. The summed E-state index contributed by atoms with van der Waals surface area (Å²) >= 11 is 7.08. The number of thiophene rings is 1. The van der Waals surface area contributed by atoms with Gasteiger partial charge in [0.05, 0.1) is 17.0 Å². The van der Waals surface area contributed by atoms with Crippen molar-refractivity contribution in [2.45, 2.75) is 6.42 Å². The Hall–Kier alpha value is -2.31. The molecule has 0 atom stereocenters. The largest absolute Gasteiger partial charge is 0.506 e. The number of phenols is 1. The van der Waals surface area contributed by atoms with Crippen LogP contribution in [0.25, 0.3) is 21.4 Å². The van der Waals surface area contributed by atoms with E-state index in [1.165, 1.54) is 23.5 Å². The number of fused-ring (bicyclic) bond motifs is 1. The first-order valence-corrected chi connectivity index (χ1v) is 7.41. The number of benzene rings is 1. The van der Waals surface area contributed by atoms with E-state index in [9.17, 15) is 14.7 Å². The topological polar surface area (TPSA) is 87.7 Å². The Bertz CT molecular complexity index is 941. The maximum atomic E-state index is 12.1. The minimum Gasteiger partial charge on any atom is -0.506 e. The third-order valence-electron chi connectivity index (χ3n) is 3.05. The number of hydrogen-bond donors (Lipinski definition) is 2. The molecule has 0 unspecified atom stereocenters. The van der Waals surface area contributed by atoms with Gasteiger partial charge in [0.1, 0.15) is 11.3 Å². The number of carboxylic acid groups (broad SMARTS) is 1. The smallest absolute Gasteiger partial charge is 0.345 e. The molecule has 112 valence electrons. The number of phenolic OH excluding ortho intramolecular Hbond substituents is 1. The summed E-state index contributed by atoms with van der Waals surface area (Å²) < 4.78 is 5.19. The fourth-order valence-corrected chi connectivity index (χ4v) is 3.24. The lowest BCUT2D eigenvalue weighted by atomic mass is 10.1. The standard InChI is InChI=1S/C15H9ClO5S/c16-10-4-7-3-9(15(20)21-12(7)6-11(10)17)13-2-1-8(22-13)5-14(18)19/h1-4,6,17H,5H2,(H,18,19). The number of halogens is 1. The Morgan fingerprint density at radius 3 is 2.77 bits per heavy atom. The molecule has 2 heterocycles. The zero-order valence-corrected chi connectivity index (χ0v) is 12.6. The van der Waals surface area contributed by atoms with Crippen LogP contribution in [0.5, 0.6) is 5.75 Å². The minimum absolute atomic E-state index is 0.0940. The molecule has 7 heteroatoms. The van der Waals surface area contributed by atoms with Crippen LogP contribution >= 0.6 is 22.9 Å². The highest BCUT2D eigenvalue weighted by Gasteiger charge is 2.13. The highest BCUT2D eigenvalue weighted by molar-refractivity contribution is 7.15. The number of hydrogen-bond acceptors (Lipinski definition) is 5. The fourth-order valence-electron chi connectivity index (χ4n) is 2.07.